The molecule has 0 amide bonds. The molecule has 0 atom stereocenters. The monoisotopic (exact) mass is 263 g/mol. The summed E-state index contributed by atoms with van der Waals surface area (Å²) in [6.07, 6.45) is 3.12. The fraction of sp³-hybridized carbons (Fsp3) is 0.429. The lowest BCUT2D eigenvalue weighted by Gasteiger charge is -2.04. The molecule has 0 aliphatic rings. The van der Waals surface area contributed by atoms with Gasteiger partial charge in [0.1, 0.15) is 5.15 Å². The molecule has 4 heteroatoms. The summed E-state index contributed by atoms with van der Waals surface area (Å²) in [6.45, 7) is 7.29. The van der Waals surface area contributed by atoms with Gasteiger partial charge in [-0.2, -0.15) is 5.10 Å². The van der Waals surface area contributed by atoms with Crippen molar-refractivity contribution in [2.24, 2.45) is 5.92 Å². The Balaban J connectivity index is 2.18. The van der Waals surface area contributed by atoms with Gasteiger partial charge in [0.05, 0.1) is 5.69 Å². The van der Waals surface area contributed by atoms with Gasteiger partial charge >= 0.3 is 0 Å². The van der Waals surface area contributed by atoms with Gasteiger partial charge in [0.15, 0.2) is 0 Å². The van der Waals surface area contributed by atoms with Crippen molar-refractivity contribution < 1.29 is 0 Å². The Kier molecular flexibility index (Phi) is 4.02. The SMILES string of the molecule is Cc1ccc(-c2ccn(CCC(C)C)n2)c(Cl)n1. The van der Waals surface area contributed by atoms with Crippen LogP contribution in [0.3, 0.4) is 0 Å². The molecular weight excluding hydrogens is 246 g/mol. The van der Waals surface area contributed by atoms with E-state index in [-0.39, 0.29) is 0 Å². The molecule has 96 valence electrons. The zero-order valence-electron chi connectivity index (χ0n) is 11.0. The molecule has 0 aromatic carbocycles. The molecule has 0 bridgehead atoms. The van der Waals surface area contributed by atoms with Gasteiger partial charge in [-0.3, -0.25) is 4.68 Å². The molecule has 0 unspecified atom stereocenters. The van der Waals surface area contributed by atoms with Crippen LogP contribution >= 0.6 is 11.6 Å². The van der Waals surface area contributed by atoms with Gasteiger partial charge in [-0.15, -0.1) is 0 Å². The molecule has 0 saturated heterocycles. The molecule has 0 radical (unpaired) electrons. The summed E-state index contributed by atoms with van der Waals surface area (Å²) >= 11 is 6.14. The smallest absolute Gasteiger partial charge is 0.138 e. The Hall–Kier alpha value is -1.35. The Morgan fingerprint density at radius 1 is 1.28 bits per heavy atom. The van der Waals surface area contributed by atoms with Crippen LogP contribution in [0.1, 0.15) is 26.0 Å². The Bertz CT molecular complexity index is 532. The number of halogens is 1. The maximum absolute atomic E-state index is 6.14. The minimum atomic E-state index is 0.518. The van der Waals surface area contributed by atoms with E-state index in [1.165, 1.54) is 0 Å². The van der Waals surface area contributed by atoms with Crippen molar-refractivity contribution >= 4 is 11.6 Å². The molecular formula is C14H18ClN3. The van der Waals surface area contributed by atoms with E-state index < -0.39 is 0 Å². The number of hydrogen-bond acceptors (Lipinski definition) is 2. The number of pyridine rings is 1. The predicted molar refractivity (Wildman–Crippen MR) is 74.7 cm³/mol. The maximum atomic E-state index is 6.14. The topological polar surface area (TPSA) is 30.7 Å². The standard InChI is InChI=1S/C14H18ClN3/c1-10(2)6-8-18-9-7-13(17-18)12-5-4-11(3)16-14(12)15/h4-5,7,9-10H,6,8H2,1-3H3. The molecule has 0 spiro atoms. The van der Waals surface area contributed by atoms with Crippen molar-refractivity contribution in [3.63, 3.8) is 0 Å². The van der Waals surface area contributed by atoms with Gasteiger partial charge in [-0.05, 0) is 37.5 Å². The third kappa shape index (κ3) is 3.10. The first-order valence-corrected chi connectivity index (χ1v) is 6.61. The normalized spacial score (nSPS) is 11.2. The summed E-state index contributed by atoms with van der Waals surface area (Å²) in [5.41, 5.74) is 2.70. The van der Waals surface area contributed by atoms with Crippen LogP contribution < -0.4 is 0 Å². The van der Waals surface area contributed by atoms with Crippen LogP contribution in [0.25, 0.3) is 11.3 Å². The molecule has 2 heterocycles. The highest BCUT2D eigenvalue weighted by Gasteiger charge is 2.08. The van der Waals surface area contributed by atoms with Crippen molar-refractivity contribution in [1.29, 1.82) is 0 Å². The minimum Gasteiger partial charge on any atom is -0.272 e. The molecule has 0 fully saturated rings. The highest BCUT2D eigenvalue weighted by Crippen LogP contribution is 2.24. The van der Waals surface area contributed by atoms with Crippen LogP contribution in [0.2, 0.25) is 5.15 Å². The lowest BCUT2D eigenvalue weighted by Crippen LogP contribution is -2.02. The molecule has 0 aliphatic heterocycles. The fourth-order valence-corrected chi connectivity index (χ4v) is 2.03. The van der Waals surface area contributed by atoms with Crippen molar-refractivity contribution in [2.45, 2.75) is 33.7 Å². The second-order valence-electron chi connectivity index (χ2n) is 4.94. The van der Waals surface area contributed by atoms with E-state index in [1.807, 2.05) is 36.0 Å². The molecule has 0 aliphatic carbocycles. The molecule has 0 saturated carbocycles. The molecule has 3 nitrogen and oxygen atoms in total. The van der Waals surface area contributed by atoms with Crippen LogP contribution in [0.4, 0.5) is 0 Å². The zero-order chi connectivity index (χ0) is 13.1. The summed E-state index contributed by atoms with van der Waals surface area (Å²) in [5, 5.41) is 5.05. The van der Waals surface area contributed by atoms with E-state index >= 15 is 0 Å². The van der Waals surface area contributed by atoms with Crippen molar-refractivity contribution in [1.82, 2.24) is 14.8 Å². The number of nitrogens with zero attached hydrogens (tertiary/aromatic N) is 3. The average molecular weight is 264 g/mol. The summed E-state index contributed by atoms with van der Waals surface area (Å²) in [6, 6.07) is 5.91. The van der Waals surface area contributed by atoms with Gasteiger partial charge in [0.25, 0.3) is 0 Å². The first-order valence-electron chi connectivity index (χ1n) is 6.23. The third-order valence-corrected chi connectivity index (χ3v) is 3.13. The first-order chi connectivity index (χ1) is 8.56. The Morgan fingerprint density at radius 2 is 2.06 bits per heavy atom. The van der Waals surface area contributed by atoms with Crippen LogP contribution in [-0.4, -0.2) is 14.8 Å². The number of aryl methyl sites for hydroxylation is 2. The largest absolute Gasteiger partial charge is 0.272 e. The van der Waals surface area contributed by atoms with Crippen molar-refractivity contribution in [3.8, 4) is 11.3 Å². The number of rotatable bonds is 4. The highest BCUT2D eigenvalue weighted by atomic mass is 35.5. The summed E-state index contributed by atoms with van der Waals surface area (Å²) in [7, 11) is 0. The van der Waals surface area contributed by atoms with Gasteiger partial charge in [0, 0.05) is 24.0 Å². The molecule has 0 N–H and O–H groups in total. The van der Waals surface area contributed by atoms with Crippen LogP contribution in [0.15, 0.2) is 24.4 Å². The number of hydrogen-bond donors (Lipinski definition) is 0. The van der Waals surface area contributed by atoms with Gasteiger partial charge in [-0.1, -0.05) is 25.4 Å². The lowest BCUT2D eigenvalue weighted by molar-refractivity contribution is 0.488. The minimum absolute atomic E-state index is 0.518. The summed E-state index contributed by atoms with van der Waals surface area (Å²) in [5.74, 6) is 0.683. The van der Waals surface area contributed by atoms with E-state index in [2.05, 4.69) is 23.9 Å². The van der Waals surface area contributed by atoms with E-state index in [0.29, 0.717) is 11.1 Å². The Labute approximate surface area is 113 Å². The van der Waals surface area contributed by atoms with Gasteiger partial charge < -0.3 is 0 Å². The number of aromatic nitrogens is 3. The summed E-state index contributed by atoms with van der Waals surface area (Å²) in [4.78, 5) is 4.25. The van der Waals surface area contributed by atoms with E-state index in [4.69, 9.17) is 11.6 Å². The quantitative estimate of drug-likeness (QED) is 0.782. The van der Waals surface area contributed by atoms with Crippen LogP contribution in [0.5, 0.6) is 0 Å². The molecule has 2 aromatic heterocycles. The van der Waals surface area contributed by atoms with E-state index in [0.717, 1.165) is 29.9 Å². The van der Waals surface area contributed by atoms with Crippen LogP contribution in [-0.2, 0) is 6.54 Å². The predicted octanol–water partition coefficient (Wildman–Crippen LogP) is 3.95. The summed E-state index contributed by atoms with van der Waals surface area (Å²) < 4.78 is 1.96. The van der Waals surface area contributed by atoms with Crippen molar-refractivity contribution in [3.05, 3.63) is 35.2 Å². The first kappa shape index (κ1) is 13.1. The molecule has 18 heavy (non-hydrogen) atoms. The van der Waals surface area contributed by atoms with E-state index in [1.54, 1.807) is 0 Å². The zero-order valence-corrected chi connectivity index (χ0v) is 11.8. The van der Waals surface area contributed by atoms with Gasteiger partial charge in [0.2, 0.25) is 0 Å². The second-order valence-corrected chi connectivity index (χ2v) is 5.30. The fourth-order valence-electron chi connectivity index (χ4n) is 1.74. The molecule has 2 aromatic rings. The van der Waals surface area contributed by atoms with Gasteiger partial charge in [-0.25, -0.2) is 4.98 Å². The van der Waals surface area contributed by atoms with Crippen LogP contribution in [0, 0.1) is 12.8 Å². The van der Waals surface area contributed by atoms with Crippen molar-refractivity contribution in [2.75, 3.05) is 0 Å². The average Bonchev–Trinajstić information content (AvgIpc) is 2.75. The highest BCUT2D eigenvalue weighted by molar-refractivity contribution is 6.32. The molecule has 2 rings (SSSR count). The Morgan fingerprint density at radius 3 is 2.72 bits per heavy atom. The maximum Gasteiger partial charge on any atom is 0.138 e. The lowest BCUT2D eigenvalue weighted by atomic mass is 10.1. The third-order valence-electron chi connectivity index (χ3n) is 2.84. The van der Waals surface area contributed by atoms with E-state index in [9.17, 15) is 0 Å². The second kappa shape index (κ2) is 5.53.